The number of fused-ring (bicyclic) bond motifs is 1. The minimum Gasteiger partial charge on any atom is -0.383 e. The van der Waals surface area contributed by atoms with Crippen molar-refractivity contribution in [1.29, 1.82) is 0 Å². The third-order valence-electron chi connectivity index (χ3n) is 4.60. The number of methoxy groups -OCH3 is 1. The summed E-state index contributed by atoms with van der Waals surface area (Å²) in [5.74, 6) is -1.46. The summed E-state index contributed by atoms with van der Waals surface area (Å²) < 4.78 is 43.2. The molecule has 0 saturated heterocycles. The molecule has 1 aliphatic rings. The molecule has 0 aliphatic carbocycles. The van der Waals surface area contributed by atoms with E-state index in [0.717, 1.165) is 17.0 Å². The molecule has 0 radical (unpaired) electrons. The molecule has 1 aliphatic heterocycles. The summed E-state index contributed by atoms with van der Waals surface area (Å²) in [6.45, 7) is 0.0204. The number of benzene rings is 1. The number of aromatic nitrogens is 1. The van der Waals surface area contributed by atoms with Crippen molar-refractivity contribution >= 4 is 23.5 Å². The van der Waals surface area contributed by atoms with Gasteiger partial charge in [0, 0.05) is 26.3 Å². The molecule has 3 amide bonds. The first-order valence-corrected chi connectivity index (χ1v) is 9.02. The van der Waals surface area contributed by atoms with Gasteiger partial charge in [-0.25, -0.2) is 4.98 Å². The topological polar surface area (TPSA) is 79.8 Å². The van der Waals surface area contributed by atoms with Gasteiger partial charge in [-0.2, -0.15) is 13.2 Å². The van der Waals surface area contributed by atoms with Gasteiger partial charge in [0.1, 0.15) is 5.82 Å². The van der Waals surface area contributed by atoms with Gasteiger partial charge in [0.2, 0.25) is 5.91 Å². The Balaban J connectivity index is 1.72. The molecule has 0 spiro atoms. The van der Waals surface area contributed by atoms with Gasteiger partial charge in [-0.1, -0.05) is 12.1 Å². The molecule has 0 saturated carbocycles. The Labute approximate surface area is 170 Å². The van der Waals surface area contributed by atoms with E-state index < -0.39 is 29.5 Å². The van der Waals surface area contributed by atoms with Crippen LogP contribution < -0.4 is 4.90 Å². The molecular weight excluding hydrogens is 403 g/mol. The first-order valence-electron chi connectivity index (χ1n) is 9.02. The van der Waals surface area contributed by atoms with Crippen LogP contribution in [-0.2, 0) is 15.7 Å². The summed E-state index contributed by atoms with van der Waals surface area (Å²) in [7, 11) is 1.42. The van der Waals surface area contributed by atoms with Crippen LogP contribution in [0.15, 0.2) is 42.6 Å². The zero-order chi connectivity index (χ0) is 21.9. The summed E-state index contributed by atoms with van der Waals surface area (Å²) in [6, 6.07) is 8.28. The zero-order valence-electron chi connectivity index (χ0n) is 16.0. The summed E-state index contributed by atoms with van der Waals surface area (Å²) in [5, 5.41) is 0. The average Bonchev–Trinajstić information content (AvgIpc) is 2.97. The predicted molar refractivity (Wildman–Crippen MR) is 99.9 cm³/mol. The standard InChI is InChI=1S/C20H18F3N3O4/c1-30-11-10-25(16-7-6-13(12-24-16)20(21,22)23)17(27)8-9-26-18(28)14-4-2-3-5-15(14)19(26)29/h2-7,12H,8-11H2,1H3. The molecule has 0 N–H and O–H groups in total. The van der Waals surface area contributed by atoms with Crippen LogP contribution in [0.4, 0.5) is 19.0 Å². The Morgan fingerprint density at radius 2 is 1.73 bits per heavy atom. The van der Waals surface area contributed by atoms with Crippen molar-refractivity contribution in [2.24, 2.45) is 0 Å². The lowest BCUT2D eigenvalue weighted by molar-refractivity contribution is -0.137. The largest absolute Gasteiger partial charge is 0.417 e. The minimum atomic E-state index is -4.54. The van der Waals surface area contributed by atoms with Gasteiger partial charge < -0.3 is 4.74 Å². The molecular formula is C20H18F3N3O4. The Hall–Kier alpha value is -3.27. The fourth-order valence-electron chi connectivity index (χ4n) is 3.05. The molecule has 2 aromatic rings. The van der Waals surface area contributed by atoms with Gasteiger partial charge in [0.25, 0.3) is 11.8 Å². The lowest BCUT2D eigenvalue weighted by atomic mass is 10.1. The maximum atomic E-state index is 12.8. The lowest BCUT2D eigenvalue weighted by Gasteiger charge is -2.23. The molecule has 3 rings (SSSR count). The second-order valence-electron chi connectivity index (χ2n) is 6.50. The van der Waals surface area contributed by atoms with Crippen molar-refractivity contribution in [3.8, 4) is 0 Å². The summed E-state index contributed by atoms with van der Waals surface area (Å²) in [5.41, 5.74) is -0.386. The van der Waals surface area contributed by atoms with Crippen LogP contribution in [0.5, 0.6) is 0 Å². The van der Waals surface area contributed by atoms with Crippen molar-refractivity contribution in [2.45, 2.75) is 12.6 Å². The number of rotatable bonds is 7. The molecule has 0 bridgehead atoms. The number of anilines is 1. The number of hydrogen-bond donors (Lipinski definition) is 0. The molecule has 0 unspecified atom stereocenters. The van der Waals surface area contributed by atoms with Crippen molar-refractivity contribution in [3.05, 3.63) is 59.3 Å². The van der Waals surface area contributed by atoms with E-state index in [1.54, 1.807) is 12.1 Å². The van der Waals surface area contributed by atoms with Crippen LogP contribution in [-0.4, -0.2) is 54.4 Å². The normalized spacial score (nSPS) is 13.5. The highest BCUT2D eigenvalue weighted by molar-refractivity contribution is 6.21. The van der Waals surface area contributed by atoms with E-state index in [0.29, 0.717) is 6.20 Å². The van der Waals surface area contributed by atoms with Crippen LogP contribution >= 0.6 is 0 Å². The first kappa shape index (κ1) is 21.4. The van der Waals surface area contributed by atoms with Crippen molar-refractivity contribution < 1.29 is 32.3 Å². The second-order valence-corrected chi connectivity index (χ2v) is 6.50. The van der Waals surface area contributed by atoms with E-state index in [2.05, 4.69) is 4.98 Å². The number of ether oxygens (including phenoxy) is 1. The van der Waals surface area contributed by atoms with Gasteiger partial charge in [0.05, 0.1) is 29.8 Å². The van der Waals surface area contributed by atoms with Crippen molar-refractivity contribution in [1.82, 2.24) is 9.88 Å². The van der Waals surface area contributed by atoms with E-state index in [9.17, 15) is 27.6 Å². The van der Waals surface area contributed by atoms with Crippen LogP contribution in [0, 0.1) is 0 Å². The molecule has 30 heavy (non-hydrogen) atoms. The van der Waals surface area contributed by atoms with E-state index in [1.807, 2.05) is 0 Å². The number of alkyl halides is 3. The monoisotopic (exact) mass is 421 g/mol. The first-order chi connectivity index (χ1) is 14.2. The van der Waals surface area contributed by atoms with E-state index >= 15 is 0 Å². The van der Waals surface area contributed by atoms with Crippen LogP contribution in [0.3, 0.4) is 0 Å². The SMILES string of the molecule is COCCN(C(=O)CCN1C(=O)c2ccccc2C1=O)c1ccc(C(F)(F)F)cn1. The number of hydrogen-bond acceptors (Lipinski definition) is 5. The average molecular weight is 421 g/mol. The molecule has 7 nitrogen and oxygen atoms in total. The van der Waals surface area contributed by atoms with Gasteiger partial charge in [-0.05, 0) is 24.3 Å². The number of carbonyl (C=O) groups is 3. The molecule has 0 atom stereocenters. The van der Waals surface area contributed by atoms with Gasteiger partial charge >= 0.3 is 6.18 Å². The number of amides is 3. The van der Waals surface area contributed by atoms with Crippen molar-refractivity contribution in [3.63, 3.8) is 0 Å². The Morgan fingerprint density at radius 3 is 2.23 bits per heavy atom. The maximum absolute atomic E-state index is 12.8. The Morgan fingerprint density at radius 1 is 1.10 bits per heavy atom. The number of halogens is 3. The third-order valence-corrected chi connectivity index (χ3v) is 4.60. The summed E-state index contributed by atoms with van der Waals surface area (Å²) in [6.07, 6.45) is -4.11. The fraction of sp³-hybridized carbons (Fsp3) is 0.300. The number of imide groups is 1. The van der Waals surface area contributed by atoms with Gasteiger partial charge in [0.15, 0.2) is 0 Å². The molecule has 10 heteroatoms. The smallest absolute Gasteiger partial charge is 0.383 e. The van der Waals surface area contributed by atoms with E-state index in [-0.39, 0.29) is 43.1 Å². The molecule has 1 aromatic heterocycles. The minimum absolute atomic E-state index is 0.0208. The van der Waals surface area contributed by atoms with Crippen LogP contribution in [0.2, 0.25) is 0 Å². The van der Waals surface area contributed by atoms with Gasteiger partial charge in [-0.15, -0.1) is 0 Å². The Bertz CT molecular complexity index is 926. The molecule has 1 aromatic carbocycles. The predicted octanol–water partition coefficient (Wildman–Crippen LogP) is 2.77. The number of nitrogens with zero attached hydrogens (tertiary/aromatic N) is 3. The lowest BCUT2D eigenvalue weighted by Crippen LogP contribution is -2.38. The maximum Gasteiger partial charge on any atom is 0.417 e. The third kappa shape index (κ3) is 4.33. The second kappa shape index (κ2) is 8.62. The molecule has 0 fully saturated rings. The highest BCUT2D eigenvalue weighted by Crippen LogP contribution is 2.29. The zero-order valence-corrected chi connectivity index (χ0v) is 16.0. The van der Waals surface area contributed by atoms with Crippen molar-refractivity contribution in [2.75, 3.05) is 31.7 Å². The Kier molecular flexibility index (Phi) is 6.16. The molecule has 2 heterocycles. The highest BCUT2D eigenvalue weighted by Gasteiger charge is 2.35. The van der Waals surface area contributed by atoms with Crippen LogP contribution in [0.1, 0.15) is 32.7 Å². The summed E-state index contributed by atoms with van der Waals surface area (Å²) >= 11 is 0. The fourth-order valence-corrected chi connectivity index (χ4v) is 3.05. The van der Waals surface area contributed by atoms with E-state index in [4.69, 9.17) is 4.74 Å². The quantitative estimate of drug-likeness (QED) is 0.643. The van der Waals surface area contributed by atoms with Gasteiger partial charge in [-0.3, -0.25) is 24.2 Å². The van der Waals surface area contributed by atoms with Crippen LogP contribution in [0.25, 0.3) is 0 Å². The summed E-state index contributed by atoms with van der Waals surface area (Å²) in [4.78, 5) is 43.4. The number of carbonyl (C=O) groups excluding carboxylic acids is 3. The van der Waals surface area contributed by atoms with E-state index in [1.165, 1.54) is 24.1 Å². The molecule has 158 valence electrons. The number of pyridine rings is 1. The highest BCUT2D eigenvalue weighted by atomic mass is 19.4.